The van der Waals surface area contributed by atoms with Crippen molar-refractivity contribution in [1.82, 2.24) is 4.90 Å². The molecule has 0 bridgehead atoms. The minimum Gasteiger partial charge on any atom is -0.497 e. The van der Waals surface area contributed by atoms with E-state index in [1.54, 1.807) is 50.5 Å². The van der Waals surface area contributed by atoms with E-state index in [-0.39, 0.29) is 11.5 Å². The van der Waals surface area contributed by atoms with E-state index >= 15 is 0 Å². The molecule has 25 heavy (non-hydrogen) atoms. The standard InChI is InChI=1S/C19H21NO5/c1-20(2)18(21)17(13-8-6-5-7-9-13)25-19(22)15-12-14(23-3)10-11-16(15)24-4/h5-12,17H,1-4H3/t17-/m0/s1. The first-order chi connectivity index (χ1) is 12.0. The zero-order chi connectivity index (χ0) is 18.4. The predicted molar refractivity (Wildman–Crippen MR) is 92.8 cm³/mol. The molecule has 0 unspecified atom stereocenters. The molecular formula is C19H21NO5. The minimum absolute atomic E-state index is 0.189. The number of hydrogen-bond donors (Lipinski definition) is 0. The number of hydrogen-bond acceptors (Lipinski definition) is 5. The molecule has 0 aromatic heterocycles. The lowest BCUT2D eigenvalue weighted by Gasteiger charge is -2.21. The van der Waals surface area contributed by atoms with Crippen molar-refractivity contribution in [2.45, 2.75) is 6.10 Å². The molecular weight excluding hydrogens is 322 g/mol. The van der Waals surface area contributed by atoms with Gasteiger partial charge < -0.3 is 19.1 Å². The largest absolute Gasteiger partial charge is 0.497 e. The third-order valence-corrected chi connectivity index (χ3v) is 3.62. The first-order valence-corrected chi connectivity index (χ1v) is 7.67. The van der Waals surface area contributed by atoms with Crippen LogP contribution in [0.4, 0.5) is 0 Å². The Hall–Kier alpha value is -3.02. The number of likely N-dealkylation sites (N-methyl/N-ethyl adjacent to an activating group) is 1. The maximum atomic E-state index is 12.7. The van der Waals surface area contributed by atoms with Crippen LogP contribution in [-0.4, -0.2) is 45.1 Å². The van der Waals surface area contributed by atoms with Crippen molar-refractivity contribution >= 4 is 11.9 Å². The van der Waals surface area contributed by atoms with Crippen LogP contribution in [0.1, 0.15) is 22.0 Å². The van der Waals surface area contributed by atoms with Crippen LogP contribution in [-0.2, 0) is 9.53 Å². The molecule has 0 saturated heterocycles. The third kappa shape index (κ3) is 4.29. The van der Waals surface area contributed by atoms with Gasteiger partial charge in [0, 0.05) is 19.7 Å². The SMILES string of the molecule is COc1ccc(OC)c(C(=O)O[C@H](C(=O)N(C)C)c2ccccc2)c1. The Bertz CT molecular complexity index is 743. The second kappa shape index (κ2) is 8.19. The van der Waals surface area contributed by atoms with Crippen molar-refractivity contribution in [2.75, 3.05) is 28.3 Å². The van der Waals surface area contributed by atoms with E-state index in [9.17, 15) is 9.59 Å². The van der Waals surface area contributed by atoms with Gasteiger partial charge >= 0.3 is 5.97 Å². The van der Waals surface area contributed by atoms with Crippen molar-refractivity contribution < 1.29 is 23.8 Å². The second-order valence-electron chi connectivity index (χ2n) is 5.49. The molecule has 0 aliphatic rings. The molecule has 0 radical (unpaired) electrons. The van der Waals surface area contributed by atoms with Crippen LogP contribution in [0, 0.1) is 0 Å². The molecule has 2 aromatic carbocycles. The van der Waals surface area contributed by atoms with E-state index in [1.165, 1.54) is 25.2 Å². The van der Waals surface area contributed by atoms with Crippen molar-refractivity contribution in [1.29, 1.82) is 0 Å². The van der Waals surface area contributed by atoms with E-state index in [0.717, 1.165) is 0 Å². The molecule has 2 aromatic rings. The Morgan fingerprint density at radius 1 is 0.960 bits per heavy atom. The highest BCUT2D eigenvalue weighted by molar-refractivity contribution is 5.95. The zero-order valence-electron chi connectivity index (χ0n) is 14.7. The highest BCUT2D eigenvalue weighted by Crippen LogP contribution is 2.28. The van der Waals surface area contributed by atoms with Crippen molar-refractivity contribution in [3.8, 4) is 11.5 Å². The summed E-state index contributed by atoms with van der Waals surface area (Å²) in [5.41, 5.74) is 0.783. The fourth-order valence-corrected chi connectivity index (χ4v) is 2.27. The van der Waals surface area contributed by atoms with Gasteiger partial charge in [-0.15, -0.1) is 0 Å². The maximum absolute atomic E-state index is 12.7. The summed E-state index contributed by atoms with van der Waals surface area (Å²) in [6.45, 7) is 0. The van der Waals surface area contributed by atoms with Gasteiger partial charge in [0.05, 0.1) is 14.2 Å². The van der Waals surface area contributed by atoms with Gasteiger partial charge in [-0.2, -0.15) is 0 Å². The number of amides is 1. The second-order valence-corrected chi connectivity index (χ2v) is 5.49. The van der Waals surface area contributed by atoms with Gasteiger partial charge in [0.1, 0.15) is 17.1 Å². The predicted octanol–water partition coefficient (Wildman–Crippen LogP) is 2.69. The number of ether oxygens (including phenoxy) is 3. The summed E-state index contributed by atoms with van der Waals surface area (Å²) >= 11 is 0. The van der Waals surface area contributed by atoms with Crippen molar-refractivity contribution in [2.24, 2.45) is 0 Å². The molecule has 1 atom stereocenters. The molecule has 6 nitrogen and oxygen atoms in total. The van der Waals surface area contributed by atoms with Crippen LogP contribution >= 0.6 is 0 Å². The summed E-state index contributed by atoms with van der Waals surface area (Å²) in [6, 6.07) is 13.7. The normalized spacial score (nSPS) is 11.4. The first-order valence-electron chi connectivity index (χ1n) is 7.67. The molecule has 0 aliphatic carbocycles. The van der Waals surface area contributed by atoms with Crippen LogP contribution in [0.2, 0.25) is 0 Å². The smallest absolute Gasteiger partial charge is 0.343 e. The van der Waals surface area contributed by atoms with Crippen molar-refractivity contribution in [3.63, 3.8) is 0 Å². The van der Waals surface area contributed by atoms with Gasteiger partial charge in [0.15, 0.2) is 0 Å². The summed E-state index contributed by atoms with van der Waals surface area (Å²) in [5, 5.41) is 0. The fourth-order valence-electron chi connectivity index (χ4n) is 2.27. The maximum Gasteiger partial charge on any atom is 0.343 e. The van der Waals surface area contributed by atoms with Crippen molar-refractivity contribution in [3.05, 3.63) is 59.7 Å². The van der Waals surface area contributed by atoms with Crippen LogP contribution in [0.3, 0.4) is 0 Å². The Morgan fingerprint density at radius 2 is 1.64 bits per heavy atom. The molecule has 0 spiro atoms. The number of carbonyl (C=O) groups excluding carboxylic acids is 2. The Labute approximate surface area is 146 Å². The monoisotopic (exact) mass is 343 g/mol. The van der Waals surface area contributed by atoms with E-state index in [0.29, 0.717) is 17.1 Å². The topological polar surface area (TPSA) is 65.1 Å². The number of nitrogens with zero attached hydrogens (tertiary/aromatic N) is 1. The van der Waals surface area contributed by atoms with E-state index < -0.39 is 12.1 Å². The van der Waals surface area contributed by atoms with E-state index in [2.05, 4.69) is 0 Å². The van der Waals surface area contributed by atoms with Gasteiger partial charge in [-0.1, -0.05) is 30.3 Å². The molecule has 0 fully saturated rings. The summed E-state index contributed by atoms with van der Waals surface area (Å²) in [6.07, 6.45) is -1.04. The highest BCUT2D eigenvalue weighted by Gasteiger charge is 2.28. The van der Waals surface area contributed by atoms with E-state index in [1.807, 2.05) is 6.07 Å². The van der Waals surface area contributed by atoms with Gasteiger partial charge in [-0.05, 0) is 18.2 Å². The van der Waals surface area contributed by atoms with Crippen LogP contribution in [0.15, 0.2) is 48.5 Å². The van der Waals surface area contributed by atoms with Crippen LogP contribution in [0.25, 0.3) is 0 Å². The Balaban J connectivity index is 2.36. The lowest BCUT2D eigenvalue weighted by Crippen LogP contribution is -2.31. The van der Waals surface area contributed by atoms with Gasteiger partial charge in [-0.3, -0.25) is 4.79 Å². The lowest BCUT2D eigenvalue weighted by molar-refractivity contribution is -0.138. The minimum atomic E-state index is -1.04. The van der Waals surface area contributed by atoms with E-state index in [4.69, 9.17) is 14.2 Å². The first kappa shape index (κ1) is 18.3. The number of rotatable bonds is 6. The lowest BCUT2D eigenvalue weighted by atomic mass is 10.1. The van der Waals surface area contributed by atoms with Crippen LogP contribution < -0.4 is 9.47 Å². The average molecular weight is 343 g/mol. The average Bonchev–Trinajstić information content (AvgIpc) is 2.65. The quantitative estimate of drug-likeness (QED) is 0.755. The number of carbonyl (C=O) groups is 2. The molecule has 132 valence electrons. The Morgan fingerprint density at radius 3 is 2.20 bits per heavy atom. The van der Waals surface area contributed by atoms with Gasteiger partial charge in [0.2, 0.25) is 6.10 Å². The van der Waals surface area contributed by atoms with Gasteiger partial charge in [-0.25, -0.2) is 4.79 Å². The Kier molecular flexibility index (Phi) is 6.00. The molecule has 2 rings (SSSR count). The summed E-state index contributed by atoms with van der Waals surface area (Å²) in [5.74, 6) is -0.168. The summed E-state index contributed by atoms with van der Waals surface area (Å²) in [7, 11) is 6.17. The molecule has 0 heterocycles. The summed E-state index contributed by atoms with van der Waals surface area (Å²) in [4.78, 5) is 26.5. The summed E-state index contributed by atoms with van der Waals surface area (Å²) < 4.78 is 15.9. The number of benzene rings is 2. The molecule has 0 saturated carbocycles. The number of esters is 1. The third-order valence-electron chi connectivity index (χ3n) is 3.62. The van der Waals surface area contributed by atoms with Gasteiger partial charge in [0.25, 0.3) is 5.91 Å². The molecule has 0 aliphatic heterocycles. The number of methoxy groups -OCH3 is 2. The molecule has 1 amide bonds. The fraction of sp³-hybridized carbons (Fsp3) is 0.263. The van der Waals surface area contributed by atoms with Crippen LogP contribution in [0.5, 0.6) is 11.5 Å². The zero-order valence-corrected chi connectivity index (χ0v) is 14.7. The molecule has 6 heteroatoms. The highest BCUT2D eigenvalue weighted by atomic mass is 16.6. The molecule has 0 N–H and O–H groups in total.